The number of hydrogen-bond donors (Lipinski definition) is 12. The molecule has 0 bridgehead atoms. The lowest BCUT2D eigenvalue weighted by atomic mass is 10.1. The number of fused-ring (bicyclic) bond motifs is 3. The highest BCUT2D eigenvalue weighted by Crippen LogP contribution is 2.68. The smallest absolute Gasteiger partial charge is 0.387 e. The fourth-order valence-electron chi connectivity index (χ4n) is 8.57. The molecule has 3 aliphatic heterocycles. The molecule has 38 nitrogen and oxygen atoms in total. The van der Waals surface area contributed by atoms with E-state index < -0.39 is 135 Å². The molecule has 7 unspecified atom stereocenters. The van der Waals surface area contributed by atoms with Crippen LogP contribution in [0.15, 0.2) is 34.9 Å². The first-order valence-corrected chi connectivity index (χ1v) is 28.8. The summed E-state index contributed by atoms with van der Waals surface area (Å²) in [7, 11) is -20.7. The van der Waals surface area contributed by atoms with Crippen molar-refractivity contribution in [2.75, 3.05) is 50.4 Å². The average Bonchev–Trinajstić information content (AvgIpc) is 4.18. The molecule has 76 heavy (non-hydrogen) atoms. The largest absolute Gasteiger partial charge is 0.490 e. The Bertz CT molecular complexity index is 3490. The van der Waals surface area contributed by atoms with E-state index in [0.717, 1.165) is 42.4 Å². The minimum Gasteiger partial charge on any atom is -0.387 e. The van der Waals surface area contributed by atoms with Crippen LogP contribution in [-0.4, -0.2) is 176 Å². The van der Waals surface area contributed by atoms with Crippen LogP contribution in [0.4, 0.5) is 17.7 Å². The van der Waals surface area contributed by atoms with Gasteiger partial charge in [-0.05, 0) is 6.26 Å². The molecule has 3 aliphatic rings. The molecule has 416 valence electrons. The van der Waals surface area contributed by atoms with E-state index in [1.807, 2.05) is 0 Å². The number of imidazole rings is 3. The predicted octanol–water partition coefficient (Wildman–Crippen LogP) is -3.34. The van der Waals surface area contributed by atoms with Gasteiger partial charge in [-0.3, -0.25) is 51.4 Å². The van der Waals surface area contributed by atoms with E-state index in [2.05, 4.69) is 48.5 Å². The van der Waals surface area contributed by atoms with Gasteiger partial charge in [0.15, 0.2) is 41.4 Å². The topological polar surface area (TPSA) is 542 Å². The van der Waals surface area contributed by atoms with Crippen molar-refractivity contribution in [2.45, 2.75) is 72.8 Å². The van der Waals surface area contributed by atoms with Crippen LogP contribution in [0.3, 0.4) is 0 Å². The Morgan fingerprint density at radius 3 is 1.97 bits per heavy atom. The molecule has 3 saturated heterocycles. The number of thioether (sulfide) groups is 1. The minimum atomic E-state index is -6.15. The van der Waals surface area contributed by atoms with E-state index in [-0.39, 0.29) is 51.2 Å². The maximum atomic E-state index is 13.7. The standard InChI is InChI=1S/C33H45N15O23P4S/c1-45-10-48(26-16(45)28(53)44-33(36)42-26)30-19(51)22(76-3)13(68-30)6-65-74(58,59)71-75(60,61)70-73(56,57)64-5-12-20(21(62-2)31(67-12)46-8-39-14-23(34)37-7-38-24(14)46)69-72(54,55)63-4-11-17(49)18(50)29(66-11)47-9-40-15-25(47)41-32(35)43-27(15)52/h7-13,17-22,29-31,49-51H,4-6H2,1-3H3,(H11-,34,35,36,37,38,41,42,43,44,52,53,54,55,56,57,58,59,60,61)/p+1/t11-,12-,13-,17+,18?,19+,20+,21?,22?,29-,30-,31-/m1/s1. The number of rotatable bonds is 20. The third-order valence-corrected chi connectivity index (χ3v) is 18.2. The normalized spacial score (nSPS) is 30.2. The zero-order valence-corrected chi connectivity index (χ0v) is 43.3. The summed E-state index contributed by atoms with van der Waals surface area (Å²) < 4.78 is 110. The number of nitrogen functional groups attached to an aromatic ring is 3. The molecular weight excluding hydrogens is 1130 g/mol. The van der Waals surface area contributed by atoms with Crippen LogP contribution in [0.25, 0.3) is 33.5 Å². The van der Waals surface area contributed by atoms with Crippen LogP contribution >= 0.6 is 43.1 Å². The molecule has 0 amide bonds. The van der Waals surface area contributed by atoms with Crippen molar-refractivity contribution in [1.82, 2.24) is 53.6 Å². The Morgan fingerprint density at radius 1 is 0.711 bits per heavy atom. The summed E-state index contributed by atoms with van der Waals surface area (Å²) >= 11 is 1.03. The lowest BCUT2D eigenvalue weighted by molar-refractivity contribution is -0.745. The lowest BCUT2D eigenvalue weighted by Crippen LogP contribution is -2.45. The van der Waals surface area contributed by atoms with Crippen molar-refractivity contribution in [3.63, 3.8) is 0 Å². The monoisotopic (exact) mass is 1180 g/mol. The molecule has 0 aromatic carbocycles. The molecule has 16 atom stereocenters. The number of hydrogen-bond acceptors (Lipinski definition) is 29. The van der Waals surface area contributed by atoms with Gasteiger partial charge in [-0.25, -0.2) is 42.8 Å². The van der Waals surface area contributed by atoms with Crippen LogP contribution in [0.2, 0.25) is 0 Å². The number of nitrogens with one attached hydrogen (secondary N) is 2. The Morgan fingerprint density at radius 2 is 1.30 bits per heavy atom. The number of anilines is 3. The number of nitrogens with two attached hydrogens (primary N) is 3. The summed E-state index contributed by atoms with van der Waals surface area (Å²) in [6.45, 7) is -3.12. The second-order valence-corrected chi connectivity index (χ2v) is 23.7. The van der Waals surface area contributed by atoms with Gasteiger partial charge in [0, 0.05) is 7.11 Å². The number of phosphoric acid groups is 4. The first-order valence-electron chi connectivity index (χ1n) is 21.5. The van der Waals surface area contributed by atoms with Crippen molar-refractivity contribution >= 4 is 94.3 Å². The molecular formula is C33H46N15O23P4S+. The minimum absolute atomic E-state index is 0.00665. The first kappa shape index (κ1) is 56.0. The lowest BCUT2D eigenvalue weighted by Gasteiger charge is -2.26. The number of H-pyrrole nitrogens is 2. The van der Waals surface area contributed by atoms with E-state index in [4.69, 9.17) is 54.2 Å². The fraction of sp³-hybridized carbons (Fsp3) is 0.545. The Balaban J connectivity index is 0.866. The van der Waals surface area contributed by atoms with Gasteiger partial charge in [0.1, 0.15) is 60.7 Å². The van der Waals surface area contributed by atoms with Gasteiger partial charge in [-0.15, -0.1) is 0 Å². The third kappa shape index (κ3) is 11.1. The quantitative estimate of drug-likeness (QED) is 0.0263. The summed E-state index contributed by atoms with van der Waals surface area (Å²) in [5.41, 5.74) is 15.8. The summed E-state index contributed by atoms with van der Waals surface area (Å²) in [5.74, 6) is -0.638. The number of aliphatic hydroxyl groups is 3. The number of phosphoric ester groups is 3. The molecule has 9 heterocycles. The van der Waals surface area contributed by atoms with Gasteiger partial charge in [0.25, 0.3) is 17.1 Å². The number of methoxy groups -OCH3 is 1. The van der Waals surface area contributed by atoms with E-state index in [1.54, 1.807) is 6.26 Å². The van der Waals surface area contributed by atoms with Gasteiger partial charge in [0.05, 0.1) is 44.8 Å². The highest BCUT2D eigenvalue weighted by atomic mass is 32.2. The molecule has 0 radical (unpaired) electrons. The molecule has 6 aromatic rings. The number of aromatic nitrogens is 12. The maximum absolute atomic E-state index is 13.7. The van der Waals surface area contributed by atoms with Gasteiger partial charge in [-0.1, -0.05) is 4.98 Å². The van der Waals surface area contributed by atoms with Crippen molar-refractivity contribution in [1.29, 1.82) is 0 Å². The molecule has 43 heteroatoms. The molecule has 0 saturated carbocycles. The Labute approximate surface area is 426 Å². The Hall–Kier alpha value is -4.76. The number of aryl methyl sites for hydroxylation is 1. The van der Waals surface area contributed by atoms with E-state index >= 15 is 0 Å². The number of ether oxygens (including phenoxy) is 4. The second kappa shape index (κ2) is 21.1. The molecule has 0 aliphatic carbocycles. The van der Waals surface area contributed by atoms with Crippen molar-refractivity contribution < 1.29 is 103 Å². The predicted molar refractivity (Wildman–Crippen MR) is 250 cm³/mol. The van der Waals surface area contributed by atoms with E-state index in [1.165, 1.54) is 27.1 Å². The molecule has 6 aromatic heterocycles. The van der Waals surface area contributed by atoms with Gasteiger partial charge >= 0.3 is 36.9 Å². The summed E-state index contributed by atoms with van der Waals surface area (Å²) in [5, 5.41) is 32.0. The van der Waals surface area contributed by atoms with Gasteiger partial charge in [0.2, 0.25) is 17.7 Å². The molecule has 15 N–H and O–H groups in total. The zero-order valence-electron chi connectivity index (χ0n) is 38.9. The third-order valence-electron chi connectivity index (χ3n) is 11.8. The maximum Gasteiger partial charge on any atom is 0.490 e. The van der Waals surface area contributed by atoms with Gasteiger partial charge in [-0.2, -0.15) is 25.4 Å². The summed E-state index contributed by atoms with van der Waals surface area (Å²) in [4.78, 5) is 96.3. The Kier molecular flexibility index (Phi) is 15.6. The van der Waals surface area contributed by atoms with Crippen LogP contribution in [0.1, 0.15) is 18.7 Å². The van der Waals surface area contributed by atoms with Crippen LogP contribution < -0.4 is 32.9 Å². The van der Waals surface area contributed by atoms with E-state index in [9.17, 15) is 62.7 Å². The van der Waals surface area contributed by atoms with Crippen molar-refractivity contribution in [3.05, 3.63) is 46.0 Å². The molecule has 3 fully saturated rings. The second-order valence-electron chi connectivity index (χ2n) is 16.7. The van der Waals surface area contributed by atoms with Crippen LogP contribution in [0.5, 0.6) is 0 Å². The highest BCUT2D eigenvalue weighted by molar-refractivity contribution is 7.99. The summed E-state index contributed by atoms with van der Waals surface area (Å²) in [6.07, 6.45) is -11.0. The van der Waals surface area contributed by atoms with Crippen molar-refractivity contribution in [3.8, 4) is 0 Å². The SMILES string of the molecule is COC1[C@@H](OP(=O)(O)OC[C@H]2O[C@@H](n3cnc4c(=O)[nH]c(N)nc43)C(O)[C@H]2O)[C@@H](COP(=O)(O)OP(=O)(O)OP(=O)(O)OC[C@H]2O[C@@H]([n+]3cn(C)c4c(=O)[nH]c(N)nc43)[C@@H](O)C2SC)O[C@H]1n1cnc2c(N)ncnc21. The molecule has 0 spiro atoms. The number of aliphatic hydroxyl groups excluding tert-OH is 3. The average molecular weight is 1180 g/mol. The fourth-order valence-corrected chi connectivity index (χ4v) is 13.9. The van der Waals surface area contributed by atoms with Gasteiger partial charge < -0.3 is 71.0 Å². The summed E-state index contributed by atoms with van der Waals surface area (Å²) in [6, 6.07) is 0. The zero-order chi connectivity index (χ0) is 55.0. The number of aromatic amines is 2. The number of nitrogens with zero attached hydrogens (tertiary/aromatic N) is 10. The highest BCUT2D eigenvalue weighted by Gasteiger charge is 2.54. The molecule has 9 rings (SSSR count). The first-order chi connectivity index (χ1) is 35.7. The van der Waals surface area contributed by atoms with Crippen molar-refractivity contribution in [2.24, 2.45) is 7.05 Å². The van der Waals surface area contributed by atoms with Crippen LogP contribution in [0, 0.1) is 0 Å². The van der Waals surface area contributed by atoms with E-state index in [0.29, 0.717) is 0 Å². The van der Waals surface area contributed by atoms with Crippen LogP contribution in [-0.2, 0) is 71.0 Å².